The number of likely N-dealkylation sites (N-methyl/N-ethyl adjacent to an activating group) is 3. The fourth-order valence-corrected chi connectivity index (χ4v) is 18.4. The molecule has 6 aromatic carbocycles. The third-order valence-corrected chi connectivity index (χ3v) is 27.4. The summed E-state index contributed by atoms with van der Waals surface area (Å²) in [4.78, 5) is 77.4. The van der Waals surface area contributed by atoms with Crippen molar-refractivity contribution >= 4 is 67.5 Å². The molecular formula is C99H144N6O23S3. The molecule has 131 heavy (non-hydrogen) atoms. The van der Waals surface area contributed by atoms with Gasteiger partial charge in [0.2, 0.25) is 17.7 Å². The van der Waals surface area contributed by atoms with E-state index in [1.807, 2.05) is 145 Å². The number of thioether (sulfide) groups is 1. The van der Waals surface area contributed by atoms with Gasteiger partial charge in [-0.3, -0.25) is 33.0 Å². The van der Waals surface area contributed by atoms with Crippen LogP contribution in [0, 0.1) is 47.4 Å². The maximum Gasteiger partial charge on any atom is 0.226 e. The van der Waals surface area contributed by atoms with Gasteiger partial charge in [-0.2, -0.15) is 0 Å². The van der Waals surface area contributed by atoms with Gasteiger partial charge in [0, 0.05) is 64.1 Å². The zero-order valence-corrected chi connectivity index (χ0v) is 81.9. The van der Waals surface area contributed by atoms with Gasteiger partial charge < -0.3 is 101 Å². The highest BCUT2D eigenvalue weighted by molar-refractivity contribution is 7.99. The van der Waals surface area contributed by atoms with Crippen LogP contribution in [0.5, 0.6) is 0 Å². The van der Waals surface area contributed by atoms with Crippen molar-refractivity contribution in [3.05, 3.63) is 221 Å². The number of hydroxylamine groups is 6. The highest BCUT2D eigenvalue weighted by Crippen LogP contribution is 2.40. The minimum atomic E-state index is -3.86. The number of sulfone groups is 1. The minimum absolute atomic E-state index is 0.0130. The van der Waals surface area contributed by atoms with Crippen molar-refractivity contribution in [1.82, 2.24) is 20.9 Å². The molecule has 32 heteroatoms. The van der Waals surface area contributed by atoms with Crippen molar-refractivity contribution in [3.8, 4) is 0 Å². The number of hydrogen-bond donors (Lipinski definition) is 12. The lowest BCUT2D eigenvalue weighted by molar-refractivity contribution is -0.838. The Morgan fingerprint density at radius 1 is 0.443 bits per heavy atom. The van der Waals surface area contributed by atoms with Gasteiger partial charge in [-0.25, -0.2) is 8.42 Å². The van der Waals surface area contributed by atoms with E-state index >= 15 is 0 Å². The Kier molecular flexibility index (Phi) is 41.6. The molecule has 0 spiro atoms. The van der Waals surface area contributed by atoms with Crippen molar-refractivity contribution in [3.63, 3.8) is 0 Å². The summed E-state index contributed by atoms with van der Waals surface area (Å²) in [6.45, 7) is 19.0. The lowest BCUT2D eigenvalue weighted by atomic mass is 9.85. The largest absolute Gasteiger partial charge is 0.633 e. The lowest BCUT2D eigenvalue weighted by Crippen LogP contribution is -2.56. The van der Waals surface area contributed by atoms with Crippen LogP contribution >= 0.6 is 11.8 Å². The van der Waals surface area contributed by atoms with Gasteiger partial charge in [0.15, 0.2) is 20.7 Å². The number of aryl methyl sites for hydroxylation is 6. The number of quaternary nitrogens is 2. The maximum atomic E-state index is 12.6. The summed E-state index contributed by atoms with van der Waals surface area (Å²) in [5.74, 6) is -0.403. The number of aliphatic hydroxyl groups excluding tert-OH is 9. The first-order chi connectivity index (χ1) is 61.1. The number of nitrogens with one attached hydrogen (secondary N) is 3. The summed E-state index contributed by atoms with van der Waals surface area (Å²) in [6, 6.07) is 41.5. The molecule has 3 heterocycles. The van der Waals surface area contributed by atoms with Gasteiger partial charge in [-0.05, 0) is 182 Å². The van der Waals surface area contributed by atoms with Crippen molar-refractivity contribution in [2.24, 2.45) is 16.2 Å². The minimum Gasteiger partial charge on any atom is -0.633 e. The first-order valence-electron chi connectivity index (χ1n) is 44.9. The highest BCUT2D eigenvalue weighted by Gasteiger charge is 2.50. The Morgan fingerprint density at radius 3 is 1.05 bits per heavy atom. The summed E-state index contributed by atoms with van der Waals surface area (Å²) in [6.07, 6.45) is -3.74. The summed E-state index contributed by atoms with van der Waals surface area (Å²) < 4.78 is 52.7. The molecule has 0 aromatic heterocycles. The number of ether oxygens (including phenoxy) is 3. The fraction of sp³-hybridized carbons (Fsp3) is 0.576. The van der Waals surface area contributed by atoms with Crippen LogP contribution in [-0.2, 0) is 102 Å². The second kappa shape index (κ2) is 49.3. The van der Waals surface area contributed by atoms with Crippen LogP contribution in [0.1, 0.15) is 201 Å². The first-order valence-corrected chi connectivity index (χ1v) is 49.7. The Balaban J connectivity index is 0.000000269. The molecule has 0 saturated carbocycles. The molecule has 0 aliphatic carbocycles. The van der Waals surface area contributed by atoms with Gasteiger partial charge >= 0.3 is 0 Å². The predicted octanol–water partition coefficient (Wildman–Crippen LogP) is 7.97. The number of hydrogen-bond acceptors (Lipinski definition) is 25. The summed E-state index contributed by atoms with van der Waals surface area (Å²) in [7, 11) is 4.54. The molecule has 3 aliphatic rings. The topological polar surface area (TPSA) is 449 Å². The number of aliphatic hydroxyl groups is 9. The number of Topliss-reactive ketones (excluding diaryl/α,β-unsaturated/α-hetero) is 3. The Bertz CT molecular complexity index is 4880. The SMILES string of the molecule is CS[C@H]1O[C@@H](c2ccc(C)c(Cc3ccc(CCCC(=O)CC(C)(C)C(=O)NCCN(C)C)cc3)c2)[C@H](O)[C@@H](O)[C@@H]1O.Cc1ccc([C@@H]2O[C@H](S(C)(=O)=O)[C@@H](O)[C@H](O)[C@H]2O)cc1Cc1ccc(CCCC(=O)CC(C)(C)C(=O)NCC[N+](C)(C)[O-])cc1.Cc1ccc([C@@H]2O[C@H](S(C)=O)[C@@H](O)[C@H](O)[C@H]2O)cc1Cc1ccc(CCCC(=O)CC(C)(C)C(=O)NCC[N+](C)(C)[O-])cc1. The van der Waals surface area contributed by atoms with Crippen LogP contribution in [0.4, 0.5) is 0 Å². The van der Waals surface area contributed by atoms with Crippen LogP contribution in [-0.4, -0.2) is 279 Å². The van der Waals surface area contributed by atoms with E-state index in [1.165, 1.54) is 46.2 Å². The lowest BCUT2D eigenvalue weighted by Gasteiger charge is -2.40. The van der Waals surface area contributed by atoms with E-state index in [-0.39, 0.29) is 80.5 Å². The van der Waals surface area contributed by atoms with Crippen molar-refractivity contribution in [2.75, 3.05) is 100 Å². The molecule has 0 bridgehead atoms. The first kappa shape index (κ1) is 111. The molecule has 16 atom stereocenters. The van der Waals surface area contributed by atoms with E-state index < -0.39 is 136 Å². The van der Waals surface area contributed by atoms with E-state index in [2.05, 4.69) is 40.2 Å². The van der Waals surface area contributed by atoms with E-state index in [0.717, 1.165) is 104 Å². The molecule has 6 aromatic rings. The highest BCUT2D eigenvalue weighted by atomic mass is 32.2. The maximum absolute atomic E-state index is 12.6. The average molecular weight is 1880 g/mol. The number of ketones is 3. The van der Waals surface area contributed by atoms with Crippen LogP contribution in [0.2, 0.25) is 0 Å². The van der Waals surface area contributed by atoms with Crippen LogP contribution in [0.3, 0.4) is 0 Å². The van der Waals surface area contributed by atoms with Gasteiger partial charge in [0.05, 0.1) is 81.4 Å². The summed E-state index contributed by atoms with van der Waals surface area (Å²) >= 11 is 1.30. The van der Waals surface area contributed by atoms with Crippen molar-refractivity contribution in [2.45, 2.75) is 248 Å². The zero-order valence-electron chi connectivity index (χ0n) is 79.4. The molecule has 29 nitrogen and oxygen atoms in total. The van der Waals surface area contributed by atoms with Gasteiger partial charge in [-0.1, -0.05) is 169 Å². The van der Waals surface area contributed by atoms with Crippen LogP contribution in [0.25, 0.3) is 0 Å². The Labute approximate surface area is 780 Å². The zero-order chi connectivity index (χ0) is 97.6. The van der Waals surface area contributed by atoms with E-state index in [0.29, 0.717) is 75.5 Å². The molecule has 9 rings (SSSR count). The molecule has 1 unspecified atom stereocenters. The predicted molar refractivity (Wildman–Crippen MR) is 508 cm³/mol. The van der Waals surface area contributed by atoms with Crippen LogP contribution < -0.4 is 16.0 Å². The summed E-state index contributed by atoms with van der Waals surface area (Å²) in [5, 5.41) is 125. The summed E-state index contributed by atoms with van der Waals surface area (Å²) in [5.41, 5.74) is 8.84. The Morgan fingerprint density at radius 2 is 0.740 bits per heavy atom. The Hall–Kier alpha value is -7.49. The molecule has 3 fully saturated rings. The van der Waals surface area contributed by atoms with E-state index in [4.69, 9.17) is 14.2 Å². The molecular weight excluding hydrogens is 1740 g/mol. The number of benzene rings is 6. The molecule has 726 valence electrons. The number of nitrogens with zero attached hydrogens (tertiary/aromatic N) is 3. The number of rotatable bonds is 42. The third kappa shape index (κ3) is 34.1. The number of carbonyl (C=O) groups is 6. The monoisotopic (exact) mass is 1880 g/mol. The quantitative estimate of drug-likeness (QED) is 0.0128. The molecule has 12 N–H and O–H groups in total. The standard InChI is InChI=1S/C33H48N2O9S.C33H48N2O8S.C33H48N2O6S/c1-21-10-15-24(30-28(38)27(37)29(39)31(44-30)45(6,42)43)19-25(21)18-23-13-11-22(12-14-23)8-7-9-26(36)20-33(2,3)32(40)34-16-17-35(4,5)41;1-21-10-15-24(30-28(38)27(37)29(39)31(43-30)44(6)42)19-25(21)18-23-13-11-22(12-14-23)8-7-9-26(36)20-33(2,3)32(40)34-16-17-35(4,5)41;1-21-10-15-24(30-28(38)27(37)29(39)31(41-30)42-6)19-25(21)18-23-13-11-22(12-14-23)8-7-9-26(36)20-33(2,3)32(40)34-16-17-35(4)5/h10-15,19,27-31,37-39H,7-9,16-18,20H2,1-6H3,(H,34,40);10-15,19,27-31,37-39H,7-9,16-18,20H2,1-6H3,(H,34,40);10-15,19,27-31,37-39H,7-9,16-18,20H2,1-6H3,(H,34,40)/t27-,28-,29+,30+,31-;27-,28-,29+,30+,31-,44?;27-,28-,29+,30+,31-/m111/s1. The average Bonchev–Trinajstić information content (AvgIpc) is 0.728. The molecule has 0 radical (unpaired) electrons. The number of carbonyl (C=O) groups excluding carboxylic acids is 6. The number of amides is 3. The third-order valence-electron chi connectivity index (χ3n) is 24.3. The second-order valence-corrected chi connectivity index (χ2v) is 43.3. The fourth-order valence-electron chi connectivity index (χ4n) is 15.9. The molecule has 3 amide bonds. The van der Waals surface area contributed by atoms with Gasteiger partial charge in [0.25, 0.3) is 0 Å². The molecule has 3 saturated heterocycles. The molecule has 3 aliphatic heterocycles. The van der Waals surface area contributed by atoms with Gasteiger partial charge in [0.1, 0.15) is 96.0 Å². The van der Waals surface area contributed by atoms with E-state index in [1.54, 1.807) is 46.1 Å². The van der Waals surface area contributed by atoms with Gasteiger partial charge in [-0.15, -0.1) is 11.8 Å². The normalized spacial score (nSPS) is 22.9. The second-order valence-electron chi connectivity index (χ2n) is 38.8. The smallest absolute Gasteiger partial charge is 0.226 e. The van der Waals surface area contributed by atoms with Crippen molar-refractivity contribution < 1.29 is 111 Å². The van der Waals surface area contributed by atoms with Crippen LogP contribution in [0.15, 0.2) is 127 Å². The van der Waals surface area contributed by atoms with Crippen molar-refractivity contribution in [1.29, 1.82) is 0 Å². The van der Waals surface area contributed by atoms with E-state index in [9.17, 15) is 97.8 Å².